The lowest BCUT2D eigenvalue weighted by molar-refractivity contribution is 0.0598. The van der Waals surface area contributed by atoms with E-state index in [1.54, 1.807) is 24.3 Å². The summed E-state index contributed by atoms with van der Waals surface area (Å²) < 4.78 is 12.6. The van der Waals surface area contributed by atoms with Crippen LogP contribution in [0.25, 0.3) is 11.0 Å². The first-order valence-corrected chi connectivity index (χ1v) is 7.42. The second-order valence-electron chi connectivity index (χ2n) is 5.15. The first-order chi connectivity index (χ1) is 11.8. The van der Waals surface area contributed by atoms with Gasteiger partial charge in [-0.3, -0.25) is 4.79 Å². The zero-order valence-electron chi connectivity index (χ0n) is 12.6. The van der Waals surface area contributed by atoms with Gasteiger partial charge >= 0.3 is 0 Å². The second-order valence-corrected chi connectivity index (χ2v) is 5.15. The molecule has 0 spiro atoms. The molecular weight excluding hydrogens is 306 g/mol. The monoisotopic (exact) mass is 319 g/mol. The molecule has 0 N–H and O–H groups in total. The maximum Gasteiger partial charge on any atom is 0.261 e. The molecule has 4 aromatic rings. The summed E-state index contributed by atoms with van der Waals surface area (Å²) in [5, 5.41) is 8.20. The van der Waals surface area contributed by atoms with E-state index in [1.165, 1.54) is 10.9 Å². The Morgan fingerprint density at radius 3 is 2.58 bits per heavy atom. The highest BCUT2D eigenvalue weighted by molar-refractivity contribution is 5.96. The lowest BCUT2D eigenvalue weighted by Gasteiger charge is -2.17. The summed E-state index contributed by atoms with van der Waals surface area (Å²) in [4.78, 5) is 12.8. The maximum absolute atomic E-state index is 12.8. The number of fused-ring (bicyclic) bond motifs is 1. The Hall–Kier alpha value is -3.41. The third-order valence-electron chi connectivity index (χ3n) is 3.58. The molecule has 2 heterocycles. The molecule has 24 heavy (non-hydrogen) atoms. The quantitative estimate of drug-likeness (QED) is 0.527. The SMILES string of the molecule is O=C(c1ccco1)C(Oc1ccccc1)n1nnc2ccccc21. The Morgan fingerprint density at radius 1 is 1.00 bits per heavy atom. The van der Waals surface area contributed by atoms with Crippen LogP contribution in [0.1, 0.15) is 16.8 Å². The van der Waals surface area contributed by atoms with Crippen molar-refractivity contribution in [2.24, 2.45) is 0 Å². The number of carbonyl (C=O) groups is 1. The van der Waals surface area contributed by atoms with Crippen LogP contribution >= 0.6 is 0 Å². The highest BCUT2D eigenvalue weighted by Gasteiger charge is 2.28. The smallest absolute Gasteiger partial charge is 0.261 e. The van der Waals surface area contributed by atoms with Crippen molar-refractivity contribution >= 4 is 16.8 Å². The van der Waals surface area contributed by atoms with Gasteiger partial charge < -0.3 is 9.15 Å². The number of furan rings is 1. The molecular formula is C18H13N3O3. The molecule has 0 radical (unpaired) electrons. The molecule has 6 heteroatoms. The standard InChI is InChI=1S/C18H13N3O3/c22-17(16-11-6-12-23-16)18(24-13-7-2-1-3-8-13)21-15-10-5-4-9-14(15)19-20-21/h1-12,18H. The normalized spacial score (nSPS) is 12.2. The van der Waals surface area contributed by atoms with E-state index in [1.807, 2.05) is 42.5 Å². The first-order valence-electron chi connectivity index (χ1n) is 7.42. The van der Waals surface area contributed by atoms with Gasteiger partial charge in [0.25, 0.3) is 12.0 Å². The van der Waals surface area contributed by atoms with Crippen LogP contribution in [0.15, 0.2) is 77.4 Å². The van der Waals surface area contributed by atoms with Crippen LogP contribution in [0.2, 0.25) is 0 Å². The van der Waals surface area contributed by atoms with Crippen LogP contribution < -0.4 is 4.74 Å². The average molecular weight is 319 g/mol. The van der Waals surface area contributed by atoms with Gasteiger partial charge in [-0.2, -0.15) is 4.68 Å². The minimum atomic E-state index is -1.01. The van der Waals surface area contributed by atoms with Crippen molar-refractivity contribution in [3.63, 3.8) is 0 Å². The fourth-order valence-corrected chi connectivity index (χ4v) is 2.44. The van der Waals surface area contributed by atoms with E-state index in [0.717, 1.165) is 0 Å². The van der Waals surface area contributed by atoms with Gasteiger partial charge in [-0.1, -0.05) is 35.5 Å². The third-order valence-corrected chi connectivity index (χ3v) is 3.58. The topological polar surface area (TPSA) is 70.2 Å². The lowest BCUT2D eigenvalue weighted by atomic mass is 10.2. The van der Waals surface area contributed by atoms with Crippen LogP contribution in [-0.4, -0.2) is 20.8 Å². The van der Waals surface area contributed by atoms with E-state index in [4.69, 9.17) is 9.15 Å². The number of Topliss-reactive ketones (excluding diaryl/α,β-unsaturated/α-hetero) is 1. The molecule has 0 amide bonds. The lowest BCUT2D eigenvalue weighted by Crippen LogP contribution is -2.26. The predicted molar refractivity (Wildman–Crippen MR) is 86.7 cm³/mol. The van der Waals surface area contributed by atoms with Crippen LogP contribution in [0.5, 0.6) is 5.75 Å². The summed E-state index contributed by atoms with van der Waals surface area (Å²) >= 11 is 0. The van der Waals surface area contributed by atoms with Gasteiger partial charge in [0, 0.05) is 0 Å². The van der Waals surface area contributed by atoms with E-state index in [9.17, 15) is 4.79 Å². The molecule has 1 unspecified atom stereocenters. The van der Waals surface area contributed by atoms with Crippen molar-refractivity contribution in [3.05, 3.63) is 78.8 Å². The van der Waals surface area contributed by atoms with E-state index in [-0.39, 0.29) is 11.5 Å². The number of para-hydroxylation sites is 2. The molecule has 0 aliphatic heterocycles. The van der Waals surface area contributed by atoms with Crippen molar-refractivity contribution in [3.8, 4) is 5.75 Å². The van der Waals surface area contributed by atoms with Crippen molar-refractivity contribution in [2.75, 3.05) is 0 Å². The van der Waals surface area contributed by atoms with Crippen LogP contribution in [0.4, 0.5) is 0 Å². The molecule has 0 fully saturated rings. The number of carbonyl (C=O) groups excluding carboxylic acids is 1. The summed E-state index contributed by atoms with van der Waals surface area (Å²) in [5.74, 6) is 0.428. The number of rotatable bonds is 5. The Labute approximate surface area is 137 Å². The van der Waals surface area contributed by atoms with Crippen LogP contribution in [0.3, 0.4) is 0 Å². The van der Waals surface area contributed by atoms with E-state index in [2.05, 4.69) is 10.3 Å². The Morgan fingerprint density at radius 2 is 1.79 bits per heavy atom. The molecule has 6 nitrogen and oxygen atoms in total. The molecule has 0 saturated carbocycles. The molecule has 0 saturated heterocycles. The molecule has 2 aromatic carbocycles. The van der Waals surface area contributed by atoms with Crippen molar-refractivity contribution in [2.45, 2.75) is 6.23 Å². The fraction of sp³-hybridized carbons (Fsp3) is 0.0556. The first kappa shape index (κ1) is 14.2. The van der Waals surface area contributed by atoms with E-state index >= 15 is 0 Å². The van der Waals surface area contributed by atoms with Crippen molar-refractivity contribution < 1.29 is 13.9 Å². The van der Waals surface area contributed by atoms with Gasteiger partial charge in [0.15, 0.2) is 5.76 Å². The predicted octanol–water partition coefficient (Wildman–Crippen LogP) is 3.48. The maximum atomic E-state index is 12.8. The molecule has 2 aromatic heterocycles. The van der Waals surface area contributed by atoms with Gasteiger partial charge in [0.1, 0.15) is 11.3 Å². The summed E-state index contributed by atoms with van der Waals surface area (Å²) in [5.41, 5.74) is 1.39. The summed E-state index contributed by atoms with van der Waals surface area (Å²) in [7, 11) is 0. The van der Waals surface area contributed by atoms with Gasteiger partial charge in [-0.25, -0.2) is 0 Å². The van der Waals surface area contributed by atoms with Crippen LogP contribution in [-0.2, 0) is 0 Å². The van der Waals surface area contributed by atoms with Gasteiger partial charge in [-0.15, -0.1) is 5.10 Å². The highest BCUT2D eigenvalue weighted by atomic mass is 16.5. The highest BCUT2D eigenvalue weighted by Crippen LogP contribution is 2.23. The molecule has 0 aliphatic rings. The third kappa shape index (κ3) is 2.54. The number of aromatic nitrogens is 3. The Kier molecular flexibility index (Phi) is 3.55. The molecule has 1 atom stereocenters. The number of hydrogen-bond donors (Lipinski definition) is 0. The molecule has 4 rings (SSSR count). The average Bonchev–Trinajstić information content (AvgIpc) is 3.30. The minimum Gasteiger partial charge on any atom is -0.461 e. The summed E-state index contributed by atoms with van der Waals surface area (Å²) in [6.07, 6.45) is 0.442. The van der Waals surface area contributed by atoms with E-state index < -0.39 is 6.23 Å². The number of hydrogen-bond acceptors (Lipinski definition) is 5. The Balaban J connectivity index is 1.79. The van der Waals surface area contributed by atoms with Gasteiger partial charge in [-0.05, 0) is 36.4 Å². The van der Waals surface area contributed by atoms with Crippen molar-refractivity contribution in [1.82, 2.24) is 15.0 Å². The second kappa shape index (κ2) is 6.00. The van der Waals surface area contributed by atoms with E-state index in [0.29, 0.717) is 16.8 Å². The van der Waals surface area contributed by atoms with Gasteiger partial charge in [0.2, 0.25) is 0 Å². The molecule has 0 aliphatic carbocycles. The summed E-state index contributed by atoms with van der Waals surface area (Å²) in [6, 6.07) is 19.8. The number of nitrogens with zero attached hydrogens (tertiary/aromatic N) is 3. The van der Waals surface area contributed by atoms with Crippen molar-refractivity contribution in [1.29, 1.82) is 0 Å². The Bertz CT molecular complexity index is 962. The van der Waals surface area contributed by atoms with Crippen LogP contribution in [0, 0.1) is 0 Å². The molecule has 0 bridgehead atoms. The largest absolute Gasteiger partial charge is 0.461 e. The number of benzene rings is 2. The number of ether oxygens (including phenoxy) is 1. The fourth-order valence-electron chi connectivity index (χ4n) is 2.44. The van der Waals surface area contributed by atoms with Gasteiger partial charge in [0.05, 0.1) is 11.8 Å². The molecule has 118 valence electrons. The zero-order valence-corrected chi connectivity index (χ0v) is 12.6. The number of ketones is 1. The summed E-state index contributed by atoms with van der Waals surface area (Å²) in [6.45, 7) is 0. The zero-order chi connectivity index (χ0) is 16.4. The minimum absolute atomic E-state index is 0.204.